The number of anilines is 1. The zero-order valence-electron chi connectivity index (χ0n) is 10.5. The Hall–Kier alpha value is -1.92. The number of rotatable bonds is 4. The number of aromatic nitrogens is 1. The summed E-state index contributed by atoms with van der Waals surface area (Å²) in [5, 5.41) is 0. The van der Waals surface area contributed by atoms with Gasteiger partial charge in [0.15, 0.2) is 0 Å². The lowest BCUT2D eigenvalue weighted by Gasteiger charge is -2.08. The van der Waals surface area contributed by atoms with Crippen molar-refractivity contribution in [1.29, 1.82) is 0 Å². The Kier molecular flexibility index (Phi) is 3.82. The van der Waals surface area contributed by atoms with Crippen LogP contribution in [0.5, 0.6) is 0 Å². The molecule has 0 atom stereocenters. The van der Waals surface area contributed by atoms with Crippen molar-refractivity contribution < 1.29 is 8.42 Å². The highest BCUT2D eigenvalue weighted by Gasteiger charge is 2.13. The molecular weight excluding hydrogens is 262 g/mol. The third-order valence-corrected chi connectivity index (χ3v) is 4.20. The van der Waals surface area contributed by atoms with E-state index in [1.54, 1.807) is 30.6 Å². The van der Waals surface area contributed by atoms with Crippen LogP contribution in [0.2, 0.25) is 0 Å². The number of pyridine rings is 1. The first-order valence-electron chi connectivity index (χ1n) is 5.74. The van der Waals surface area contributed by atoms with E-state index < -0.39 is 10.0 Å². The van der Waals surface area contributed by atoms with Gasteiger partial charge in [0.25, 0.3) is 0 Å². The number of sulfonamides is 1. The lowest BCUT2D eigenvalue weighted by Crippen LogP contribution is -2.23. The van der Waals surface area contributed by atoms with E-state index in [-0.39, 0.29) is 11.4 Å². The molecule has 19 heavy (non-hydrogen) atoms. The molecule has 0 spiro atoms. The molecule has 2 rings (SSSR count). The maximum atomic E-state index is 12.1. The molecule has 5 nitrogen and oxygen atoms in total. The van der Waals surface area contributed by atoms with Gasteiger partial charge in [0.2, 0.25) is 10.0 Å². The van der Waals surface area contributed by atoms with Crippen molar-refractivity contribution in [2.75, 3.05) is 5.73 Å². The zero-order chi connectivity index (χ0) is 13.9. The van der Waals surface area contributed by atoms with Crippen molar-refractivity contribution in [2.24, 2.45) is 0 Å². The second-order valence-corrected chi connectivity index (χ2v) is 5.96. The van der Waals surface area contributed by atoms with Crippen LogP contribution in [0, 0.1) is 6.92 Å². The molecule has 0 unspecified atom stereocenters. The topological polar surface area (TPSA) is 85.1 Å². The minimum absolute atomic E-state index is 0.202. The fourth-order valence-corrected chi connectivity index (χ4v) is 2.61. The molecule has 2 aromatic rings. The molecule has 0 saturated carbocycles. The van der Waals surface area contributed by atoms with Gasteiger partial charge in [-0.2, -0.15) is 0 Å². The number of benzene rings is 1. The molecule has 0 aliphatic carbocycles. The van der Waals surface area contributed by atoms with Crippen LogP contribution in [0.1, 0.15) is 11.1 Å². The Labute approximate surface area is 112 Å². The molecular formula is C13H15N3O2S. The zero-order valence-corrected chi connectivity index (χ0v) is 11.3. The number of hydrogen-bond acceptors (Lipinski definition) is 4. The van der Waals surface area contributed by atoms with Crippen LogP contribution in [0.25, 0.3) is 0 Å². The van der Waals surface area contributed by atoms with E-state index >= 15 is 0 Å². The van der Waals surface area contributed by atoms with Crippen LogP contribution < -0.4 is 10.5 Å². The lowest BCUT2D eigenvalue weighted by molar-refractivity contribution is 0.581. The van der Waals surface area contributed by atoms with E-state index in [2.05, 4.69) is 9.71 Å². The molecule has 0 saturated heterocycles. The van der Waals surface area contributed by atoms with Gasteiger partial charge in [-0.1, -0.05) is 0 Å². The number of nitrogens with two attached hydrogens (primary N) is 1. The van der Waals surface area contributed by atoms with Gasteiger partial charge in [-0.25, -0.2) is 13.1 Å². The minimum atomic E-state index is -3.52. The molecule has 0 aliphatic heterocycles. The van der Waals surface area contributed by atoms with E-state index in [4.69, 9.17) is 5.73 Å². The molecule has 0 aliphatic rings. The molecule has 0 bridgehead atoms. The summed E-state index contributed by atoms with van der Waals surface area (Å²) < 4.78 is 26.7. The smallest absolute Gasteiger partial charge is 0.240 e. The van der Waals surface area contributed by atoms with Crippen molar-refractivity contribution in [1.82, 2.24) is 9.71 Å². The van der Waals surface area contributed by atoms with Gasteiger partial charge in [-0.05, 0) is 48.4 Å². The maximum Gasteiger partial charge on any atom is 0.240 e. The second kappa shape index (κ2) is 5.38. The van der Waals surface area contributed by atoms with Crippen molar-refractivity contribution >= 4 is 15.7 Å². The number of hydrogen-bond donors (Lipinski definition) is 2. The summed E-state index contributed by atoms with van der Waals surface area (Å²) in [5.74, 6) is 0. The van der Waals surface area contributed by atoms with Crippen LogP contribution >= 0.6 is 0 Å². The molecule has 1 aromatic heterocycles. The molecule has 1 heterocycles. The second-order valence-electron chi connectivity index (χ2n) is 4.20. The van der Waals surface area contributed by atoms with Gasteiger partial charge in [-0.3, -0.25) is 4.98 Å². The number of aryl methyl sites for hydroxylation is 1. The average molecular weight is 277 g/mol. The van der Waals surface area contributed by atoms with Crippen LogP contribution in [0.4, 0.5) is 5.69 Å². The van der Waals surface area contributed by atoms with E-state index in [9.17, 15) is 8.42 Å². The van der Waals surface area contributed by atoms with Gasteiger partial charge in [0, 0.05) is 24.6 Å². The van der Waals surface area contributed by atoms with Crippen LogP contribution in [-0.4, -0.2) is 13.4 Å². The first-order chi connectivity index (χ1) is 8.99. The Morgan fingerprint density at radius 2 is 1.89 bits per heavy atom. The molecule has 100 valence electrons. The quantitative estimate of drug-likeness (QED) is 0.828. The van der Waals surface area contributed by atoms with Gasteiger partial charge in [0.1, 0.15) is 0 Å². The van der Waals surface area contributed by atoms with Gasteiger partial charge >= 0.3 is 0 Å². The first-order valence-corrected chi connectivity index (χ1v) is 7.22. The van der Waals surface area contributed by atoms with Gasteiger partial charge in [0.05, 0.1) is 4.90 Å². The summed E-state index contributed by atoms with van der Waals surface area (Å²) in [5.41, 5.74) is 7.91. The van der Waals surface area contributed by atoms with Crippen LogP contribution in [0.3, 0.4) is 0 Å². The van der Waals surface area contributed by atoms with Crippen LogP contribution in [-0.2, 0) is 16.6 Å². The van der Waals surface area contributed by atoms with E-state index in [0.717, 1.165) is 11.1 Å². The summed E-state index contributed by atoms with van der Waals surface area (Å²) >= 11 is 0. The molecule has 3 N–H and O–H groups in total. The van der Waals surface area contributed by atoms with Crippen molar-refractivity contribution in [3.8, 4) is 0 Å². The van der Waals surface area contributed by atoms with Crippen molar-refractivity contribution in [3.63, 3.8) is 0 Å². The van der Waals surface area contributed by atoms with Crippen molar-refractivity contribution in [3.05, 3.63) is 53.9 Å². The van der Waals surface area contributed by atoms with E-state index in [1.807, 2.05) is 6.92 Å². The Morgan fingerprint density at radius 1 is 1.21 bits per heavy atom. The summed E-state index contributed by atoms with van der Waals surface area (Å²) in [7, 11) is -3.52. The van der Waals surface area contributed by atoms with E-state index in [1.165, 1.54) is 12.1 Å². The molecule has 0 amide bonds. The molecule has 6 heteroatoms. The third kappa shape index (κ3) is 3.30. The lowest BCUT2D eigenvalue weighted by atomic mass is 10.2. The molecule has 0 radical (unpaired) electrons. The summed E-state index contributed by atoms with van der Waals surface area (Å²) in [4.78, 5) is 4.17. The number of nitrogens with zero attached hydrogens (tertiary/aromatic N) is 1. The SMILES string of the molecule is Cc1cnccc1CNS(=O)(=O)c1ccc(N)cc1. The van der Waals surface area contributed by atoms with Crippen LogP contribution in [0.15, 0.2) is 47.6 Å². The largest absolute Gasteiger partial charge is 0.399 e. The highest BCUT2D eigenvalue weighted by atomic mass is 32.2. The summed E-state index contributed by atoms with van der Waals surface area (Å²) in [6.07, 6.45) is 3.34. The molecule has 0 fully saturated rings. The fourth-order valence-electron chi connectivity index (χ4n) is 1.60. The predicted molar refractivity (Wildman–Crippen MR) is 73.9 cm³/mol. The maximum absolute atomic E-state index is 12.1. The summed E-state index contributed by atoms with van der Waals surface area (Å²) in [6.45, 7) is 2.13. The number of nitrogen functional groups attached to an aromatic ring is 1. The highest BCUT2D eigenvalue weighted by molar-refractivity contribution is 7.89. The Balaban J connectivity index is 2.14. The standard InChI is InChI=1S/C13H15N3O2S/c1-10-8-15-7-6-11(10)9-16-19(17,18)13-4-2-12(14)3-5-13/h2-8,16H,9,14H2,1H3. The normalized spacial score (nSPS) is 11.4. The third-order valence-electron chi connectivity index (χ3n) is 2.78. The monoisotopic (exact) mass is 277 g/mol. The minimum Gasteiger partial charge on any atom is -0.399 e. The Morgan fingerprint density at radius 3 is 2.53 bits per heavy atom. The predicted octanol–water partition coefficient (Wildman–Crippen LogP) is 1.45. The number of nitrogens with one attached hydrogen (secondary N) is 1. The molecule has 1 aromatic carbocycles. The Bertz CT molecular complexity index is 667. The average Bonchev–Trinajstić information content (AvgIpc) is 2.38. The van der Waals surface area contributed by atoms with Crippen molar-refractivity contribution in [2.45, 2.75) is 18.4 Å². The highest BCUT2D eigenvalue weighted by Crippen LogP contribution is 2.12. The summed E-state index contributed by atoms with van der Waals surface area (Å²) in [6, 6.07) is 7.88. The van der Waals surface area contributed by atoms with Gasteiger partial charge < -0.3 is 5.73 Å². The fraction of sp³-hybridized carbons (Fsp3) is 0.154. The van der Waals surface area contributed by atoms with E-state index in [0.29, 0.717) is 5.69 Å². The van der Waals surface area contributed by atoms with Gasteiger partial charge in [-0.15, -0.1) is 0 Å². The first kappa shape index (κ1) is 13.5.